The van der Waals surface area contributed by atoms with Gasteiger partial charge in [0.2, 0.25) is 5.95 Å². The second kappa shape index (κ2) is 6.29. The number of carbonyl (C=O) groups excluding carboxylic acids is 1. The lowest BCUT2D eigenvalue weighted by Gasteiger charge is -2.09. The van der Waals surface area contributed by atoms with Crippen LogP contribution in [0.3, 0.4) is 0 Å². The molecule has 0 bridgehead atoms. The van der Waals surface area contributed by atoms with Gasteiger partial charge in [-0.1, -0.05) is 15.9 Å². The maximum Gasteiger partial charge on any atom is 0.274 e. The molecule has 8 heteroatoms. The second-order valence-corrected chi connectivity index (χ2v) is 5.71. The first kappa shape index (κ1) is 14.9. The number of carbonyl (C=O) groups is 1. The molecule has 0 atom stereocenters. The van der Waals surface area contributed by atoms with Gasteiger partial charge in [0, 0.05) is 14.6 Å². The summed E-state index contributed by atoms with van der Waals surface area (Å²) < 4.78 is 1.64. The highest BCUT2D eigenvalue weighted by atomic mass is 79.9. The quantitative estimate of drug-likeness (QED) is 0.544. The second-order valence-electron chi connectivity index (χ2n) is 3.94. The Bertz CT molecular complexity index is 662. The zero-order chi connectivity index (χ0) is 14.7. The normalized spacial score (nSPS) is 10.2. The largest absolute Gasteiger partial charge is 0.320 e. The van der Waals surface area contributed by atoms with E-state index >= 15 is 0 Å². The van der Waals surface area contributed by atoms with Crippen molar-refractivity contribution in [2.45, 2.75) is 6.92 Å². The van der Waals surface area contributed by atoms with Crippen LogP contribution >= 0.6 is 31.9 Å². The summed E-state index contributed by atoms with van der Waals surface area (Å²) in [4.78, 5) is 20.2. The fourth-order valence-corrected chi connectivity index (χ4v) is 2.24. The molecule has 0 aliphatic heterocycles. The Hall–Kier alpha value is -1.51. The average Bonchev–Trinajstić information content (AvgIpc) is 2.42. The number of aromatic nitrogens is 2. The van der Waals surface area contributed by atoms with Crippen LogP contribution in [-0.4, -0.2) is 15.9 Å². The molecule has 1 aromatic carbocycles. The highest BCUT2D eigenvalue weighted by Crippen LogP contribution is 2.26. The lowest BCUT2D eigenvalue weighted by atomic mass is 10.3. The molecular formula is C12H11Br2N5O. The predicted octanol–water partition coefficient (Wildman–Crippen LogP) is 2.85. The summed E-state index contributed by atoms with van der Waals surface area (Å²) in [6.45, 7) is 1.76. The van der Waals surface area contributed by atoms with E-state index in [0.717, 1.165) is 8.95 Å². The molecule has 0 fully saturated rings. The standard InChI is InChI=1S/C12H11Br2N5O/c1-6-4-10(18-12(16-6)19-15)11(20)17-9-5-7(13)2-3-8(9)14/h2-5H,15H2,1H3,(H,17,20)(H,16,18,19). The van der Waals surface area contributed by atoms with Crippen molar-refractivity contribution in [3.8, 4) is 0 Å². The van der Waals surface area contributed by atoms with E-state index in [-0.39, 0.29) is 17.5 Å². The van der Waals surface area contributed by atoms with E-state index < -0.39 is 0 Å². The summed E-state index contributed by atoms with van der Waals surface area (Å²) in [6, 6.07) is 7.07. The van der Waals surface area contributed by atoms with E-state index in [1.165, 1.54) is 0 Å². The van der Waals surface area contributed by atoms with Gasteiger partial charge in [0.05, 0.1) is 5.69 Å². The van der Waals surface area contributed by atoms with E-state index in [0.29, 0.717) is 11.4 Å². The summed E-state index contributed by atoms with van der Waals surface area (Å²) >= 11 is 6.73. The van der Waals surface area contributed by atoms with E-state index in [9.17, 15) is 4.79 Å². The number of rotatable bonds is 3. The topological polar surface area (TPSA) is 92.9 Å². The third-order valence-corrected chi connectivity index (χ3v) is 3.58. The summed E-state index contributed by atoms with van der Waals surface area (Å²) in [6.07, 6.45) is 0. The smallest absolute Gasteiger partial charge is 0.274 e. The van der Waals surface area contributed by atoms with Gasteiger partial charge in [0.1, 0.15) is 5.69 Å². The number of amides is 1. The van der Waals surface area contributed by atoms with Crippen LogP contribution in [0.4, 0.5) is 11.6 Å². The van der Waals surface area contributed by atoms with Gasteiger partial charge in [0.15, 0.2) is 0 Å². The van der Waals surface area contributed by atoms with Crippen LogP contribution in [0.15, 0.2) is 33.2 Å². The molecule has 20 heavy (non-hydrogen) atoms. The Morgan fingerprint density at radius 3 is 2.70 bits per heavy atom. The SMILES string of the molecule is Cc1cc(C(=O)Nc2cc(Br)ccc2Br)nc(NN)n1. The van der Waals surface area contributed by atoms with Crippen molar-refractivity contribution >= 4 is 49.4 Å². The number of aryl methyl sites for hydroxylation is 1. The van der Waals surface area contributed by atoms with Crippen molar-refractivity contribution in [2.24, 2.45) is 5.84 Å². The van der Waals surface area contributed by atoms with Crippen molar-refractivity contribution in [1.29, 1.82) is 0 Å². The van der Waals surface area contributed by atoms with Gasteiger partial charge in [0.25, 0.3) is 5.91 Å². The zero-order valence-corrected chi connectivity index (χ0v) is 13.6. The van der Waals surface area contributed by atoms with E-state index in [4.69, 9.17) is 5.84 Å². The first-order valence-electron chi connectivity index (χ1n) is 5.58. The maximum absolute atomic E-state index is 12.2. The van der Waals surface area contributed by atoms with Gasteiger partial charge < -0.3 is 5.32 Å². The van der Waals surface area contributed by atoms with Crippen LogP contribution in [-0.2, 0) is 0 Å². The van der Waals surface area contributed by atoms with Gasteiger partial charge in [-0.15, -0.1) is 0 Å². The molecule has 0 radical (unpaired) electrons. The van der Waals surface area contributed by atoms with Crippen molar-refractivity contribution in [1.82, 2.24) is 9.97 Å². The Labute approximate surface area is 132 Å². The number of benzene rings is 1. The van der Waals surface area contributed by atoms with E-state index in [1.54, 1.807) is 19.1 Å². The van der Waals surface area contributed by atoms with Crippen LogP contribution in [0.1, 0.15) is 16.2 Å². The van der Waals surface area contributed by atoms with Crippen molar-refractivity contribution < 1.29 is 4.79 Å². The van der Waals surface area contributed by atoms with Crippen molar-refractivity contribution in [3.63, 3.8) is 0 Å². The van der Waals surface area contributed by atoms with Crippen LogP contribution in [0, 0.1) is 6.92 Å². The minimum absolute atomic E-state index is 0.198. The molecule has 4 N–H and O–H groups in total. The number of nitrogen functional groups attached to an aromatic ring is 1. The number of nitrogens with zero attached hydrogens (tertiary/aromatic N) is 2. The molecule has 2 aromatic rings. The molecule has 6 nitrogen and oxygen atoms in total. The molecule has 0 unspecified atom stereocenters. The number of halogens is 2. The number of nitrogens with one attached hydrogen (secondary N) is 2. The number of nitrogens with two attached hydrogens (primary N) is 1. The minimum Gasteiger partial charge on any atom is -0.320 e. The van der Waals surface area contributed by atoms with Gasteiger partial charge >= 0.3 is 0 Å². The summed E-state index contributed by atoms with van der Waals surface area (Å²) in [7, 11) is 0. The number of hydrogen-bond donors (Lipinski definition) is 3. The average molecular weight is 401 g/mol. The predicted molar refractivity (Wildman–Crippen MR) is 84.4 cm³/mol. The lowest BCUT2D eigenvalue weighted by Crippen LogP contribution is -2.18. The third-order valence-electron chi connectivity index (χ3n) is 2.39. The fourth-order valence-electron chi connectivity index (χ4n) is 1.53. The van der Waals surface area contributed by atoms with Crippen LogP contribution in [0.25, 0.3) is 0 Å². The van der Waals surface area contributed by atoms with Gasteiger partial charge in [-0.05, 0) is 47.1 Å². The van der Waals surface area contributed by atoms with Crippen LogP contribution in [0.2, 0.25) is 0 Å². The molecule has 2 rings (SSSR count). The molecule has 0 saturated carbocycles. The molecule has 0 saturated heterocycles. The Morgan fingerprint density at radius 1 is 1.25 bits per heavy atom. The highest BCUT2D eigenvalue weighted by Gasteiger charge is 2.12. The summed E-state index contributed by atoms with van der Waals surface area (Å²) in [5.74, 6) is 5.12. The van der Waals surface area contributed by atoms with E-state index in [2.05, 4.69) is 52.6 Å². The number of anilines is 2. The molecule has 0 aliphatic rings. The van der Waals surface area contributed by atoms with Crippen molar-refractivity contribution in [3.05, 3.63) is 44.6 Å². The van der Waals surface area contributed by atoms with Crippen LogP contribution < -0.4 is 16.6 Å². The molecule has 0 spiro atoms. The molecular weight excluding hydrogens is 390 g/mol. The first-order valence-corrected chi connectivity index (χ1v) is 7.17. The van der Waals surface area contributed by atoms with Gasteiger partial charge in [-0.3, -0.25) is 10.2 Å². The van der Waals surface area contributed by atoms with Gasteiger partial charge in [-0.2, -0.15) is 0 Å². The minimum atomic E-state index is -0.342. The molecule has 104 valence electrons. The molecule has 1 aromatic heterocycles. The monoisotopic (exact) mass is 399 g/mol. The lowest BCUT2D eigenvalue weighted by molar-refractivity contribution is 0.102. The Morgan fingerprint density at radius 2 is 2.00 bits per heavy atom. The first-order chi connectivity index (χ1) is 9.49. The summed E-state index contributed by atoms with van der Waals surface area (Å²) in [5, 5.41) is 2.77. The number of hydrazine groups is 1. The molecule has 0 aliphatic carbocycles. The molecule has 1 heterocycles. The molecule has 1 amide bonds. The Balaban J connectivity index is 2.28. The van der Waals surface area contributed by atoms with Crippen molar-refractivity contribution in [2.75, 3.05) is 10.7 Å². The summed E-state index contributed by atoms with van der Waals surface area (Å²) in [5.41, 5.74) is 3.85. The Kier molecular flexibility index (Phi) is 4.69. The van der Waals surface area contributed by atoms with E-state index in [1.807, 2.05) is 12.1 Å². The van der Waals surface area contributed by atoms with Gasteiger partial charge in [-0.25, -0.2) is 15.8 Å². The van der Waals surface area contributed by atoms with Crippen LogP contribution in [0.5, 0.6) is 0 Å². The fraction of sp³-hybridized carbons (Fsp3) is 0.0833. The highest BCUT2D eigenvalue weighted by molar-refractivity contribution is 9.11. The maximum atomic E-state index is 12.2. The third kappa shape index (κ3) is 3.53. The number of hydrogen-bond acceptors (Lipinski definition) is 5. The zero-order valence-electron chi connectivity index (χ0n) is 10.4.